The van der Waals surface area contributed by atoms with E-state index in [1.165, 1.54) is 0 Å². The van der Waals surface area contributed by atoms with Gasteiger partial charge in [0.05, 0.1) is 44.4 Å². The Kier molecular flexibility index (Phi) is 11.7. The maximum absolute atomic E-state index is 13.3. The third kappa shape index (κ3) is 9.30. The van der Waals surface area contributed by atoms with Gasteiger partial charge < -0.3 is 35.1 Å². The summed E-state index contributed by atoms with van der Waals surface area (Å²) in [6.07, 6.45) is 2.01. The molecule has 2 saturated heterocycles. The maximum Gasteiger partial charge on any atom is 0.422 e. The van der Waals surface area contributed by atoms with E-state index in [4.69, 9.17) is 24.7 Å². The molecule has 2 fully saturated rings. The number of aromatic nitrogens is 1. The number of rotatable bonds is 13. The lowest BCUT2D eigenvalue weighted by molar-refractivity contribution is -0.126. The van der Waals surface area contributed by atoms with Crippen molar-refractivity contribution in [3.63, 3.8) is 0 Å². The fourth-order valence-corrected chi connectivity index (χ4v) is 5.86. The highest BCUT2D eigenvalue weighted by Gasteiger charge is 2.44. The van der Waals surface area contributed by atoms with Crippen LogP contribution in [-0.4, -0.2) is 84.5 Å². The normalized spacial score (nSPS) is 20.9. The molecule has 3 aromatic rings. The molecule has 2 aliphatic heterocycles. The topological polar surface area (TPSA) is 157 Å². The van der Waals surface area contributed by atoms with Gasteiger partial charge in [0.25, 0.3) is 0 Å². The van der Waals surface area contributed by atoms with Gasteiger partial charge >= 0.3 is 6.09 Å². The van der Waals surface area contributed by atoms with Crippen LogP contribution in [0.5, 0.6) is 5.75 Å². The van der Waals surface area contributed by atoms with Crippen LogP contribution in [0, 0.1) is 11.3 Å². The number of aliphatic hydroxyl groups is 1. The van der Waals surface area contributed by atoms with Crippen molar-refractivity contribution in [3.8, 4) is 16.9 Å². The summed E-state index contributed by atoms with van der Waals surface area (Å²) in [4.78, 5) is 30.7. The predicted molar refractivity (Wildman–Crippen MR) is 179 cm³/mol. The Hall–Kier alpha value is -4.07. The van der Waals surface area contributed by atoms with Crippen LogP contribution in [-0.2, 0) is 32.0 Å². The third-order valence-electron chi connectivity index (χ3n) is 8.84. The first-order chi connectivity index (χ1) is 23.0. The molecule has 2 aromatic carbocycles. The van der Waals surface area contributed by atoms with Crippen LogP contribution in [0.25, 0.3) is 11.1 Å². The second kappa shape index (κ2) is 15.9. The number of nitrogens with zero attached hydrogens (tertiary/aromatic N) is 2. The average Bonchev–Trinajstić information content (AvgIpc) is 3.70. The number of methoxy groups -OCH3 is 1. The summed E-state index contributed by atoms with van der Waals surface area (Å²) in [7, 11) is 1.59. The number of hydrazine groups is 1. The van der Waals surface area contributed by atoms with Gasteiger partial charge in [-0.2, -0.15) is 0 Å². The zero-order chi connectivity index (χ0) is 34.3. The number of pyridine rings is 1. The van der Waals surface area contributed by atoms with E-state index >= 15 is 0 Å². The average molecular weight is 662 g/mol. The van der Waals surface area contributed by atoms with E-state index in [-0.39, 0.29) is 37.8 Å². The molecule has 0 aliphatic carbocycles. The van der Waals surface area contributed by atoms with Crippen LogP contribution in [0.4, 0.5) is 4.79 Å². The molecule has 0 spiro atoms. The second-order valence-electron chi connectivity index (χ2n) is 13.5. The zero-order valence-corrected chi connectivity index (χ0v) is 28.0. The molecule has 1 aromatic heterocycles. The van der Waals surface area contributed by atoms with Crippen molar-refractivity contribution in [2.24, 2.45) is 17.1 Å². The van der Waals surface area contributed by atoms with Crippen molar-refractivity contribution in [2.45, 2.75) is 70.7 Å². The van der Waals surface area contributed by atoms with Gasteiger partial charge in [-0.1, -0.05) is 63.2 Å². The molecule has 6 atom stereocenters. The smallest absolute Gasteiger partial charge is 0.422 e. The largest absolute Gasteiger partial charge is 0.497 e. The molecule has 5 rings (SSSR count). The first kappa shape index (κ1) is 35.2. The molecular formula is C36H47N5O7. The Bertz CT molecular complexity index is 1480. The molecule has 0 saturated carbocycles. The van der Waals surface area contributed by atoms with Crippen molar-refractivity contribution in [1.29, 1.82) is 0 Å². The summed E-state index contributed by atoms with van der Waals surface area (Å²) in [5, 5.41) is 16.3. The van der Waals surface area contributed by atoms with Crippen molar-refractivity contribution in [3.05, 3.63) is 84.2 Å². The summed E-state index contributed by atoms with van der Waals surface area (Å²) in [5.74, 6) is 0.298. The molecular weight excluding hydrogens is 614 g/mol. The SMILES string of the molecule is COc1ccc(CC(NC(=O)C(N)C(C)(C)C)C(O)CN(Cc2ccc(-c3cccnc3)cc2)NC(=O)OC2COC3OCCC23)cc1. The van der Waals surface area contributed by atoms with E-state index in [0.29, 0.717) is 18.8 Å². The number of hydrogen-bond donors (Lipinski definition) is 4. The van der Waals surface area contributed by atoms with Crippen molar-refractivity contribution >= 4 is 12.0 Å². The summed E-state index contributed by atoms with van der Waals surface area (Å²) in [5.41, 5.74) is 12.4. The number of carbonyl (C=O) groups excluding carboxylic acids is 2. The Morgan fingerprint density at radius 2 is 1.79 bits per heavy atom. The fraction of sp³-hybridized carbons (Fsp3) is 0.472. The number of benzene rings is 2. The lowest BCUT2D eigenvalue weighted by Gasteiger charge is -2.33. The molecule has 258 valence electrons. The second-order valence-corrected chi connectivity index (χ2v) is 13.5. The molecule has 12 nitrogen and oxygen atoms in total. The van der Waals surface area contributed by atoms with Gasteiger partial charge in [-0.15, -0.1) is 0 Å². The van der Waals surface area contributed by atoms with Crippen LogP contribution in [0.15, 0.2) is 73.1 Å². The van der Waals surface area contributed by atoms with Gasteiger partial charge in [0.2, 0.25) is 5.91 Å². The lowest BCUT2D eigenvalue weighted by atomic mass is 9.86. The van der Waals surface area contributed by atoms with Crippen LogP contribution in [0.1, 0.15) is 38.3 Å². The standard InChI is InChI=1S/C36H47N5O7/c1-36(2,3)32(37)33(43)39-29(18-23-9-13-27(45-4)14-10-23)30(42)21-41(40-35(44)48-31-22-47-34-28(31)15-17-46-34)20-24-7-11-25(12-8-24)26-6-5-16-38-19-26/h5-14,16,19,28-32,34,42H,15,17-18,20-22,37H2,1-4H3,(H,39,43)(H,40,44). The number of ether oxygens (including phenoxy) is 4. The van der Waals surface area contributed by atoms with Crippen LogP contribution in [0.3, 0.4) is 0 Å². The molecule has 6 unspecified atom stereocenters. The number of carbonyl (C=O) groups is 2. The van der Waals surface area contributed by atoms with E-state index in [9.17, 15) is 14.7 Å². The molecule has 2 aliphatic rings. The van der Waals surface area contributed by atoms with Crippen molar-refractivity contribution < 1.29 is 33.6 Å². The molecule has 0 bridgehead atoms. The number of nitrogens with two attached hydrogens (primary N) is 1. The van der Waals surface area contributed by atoms with Gasteiger partial charge in [0.15, 0.2) is 6.29 Å². The molecule has 3 heterocycles. The zero-order valence-electron chi connectivity index (χ0n) is 28.0. The van der Waals surface area contributed by atoms with Gasteiger partial charge in [0, 0.05) is 25.5 Å². The summed E-state index contributed by atoms with van der Waals surface area (Å²) in [6, 6.07) is 17.6. The molecule has 48 heavy (non-hydrogen) atoms. The maximum atomic E-state index is 13.3. The number of hydrogen-bond acceptors (Lipinski definition) is 10. The predicted octanol–water partition coefficient (Wildman–Crippen LogP) is 3.42. The summed E-state index contributed by atoms with van der Waals surface area (Å²) < 4.78 is 22.3. The molecule has 0 radical (unpaired) electrons. The van der Waals surface area contributed by atoms with Crippen LogP contribution >= 0.6 is 0 Å². The van der Waals surface area contributed by atoms with E-state index in [1.54, 1.807) is 24.5 Å². The van der Waals surface area contributed by atoms with E-state index in [0.717, 1.165) is 28.7 Å². The Morgan fingerprint density at radius 1 is 1.06 bits per heavy atom. The monoisotopic (exact) mass is 661 g/mol. The number of fused-ring (bicyclic) bond motifs is 1. The Balaban J connectivity index is 1.34. The van der Waals surface area contributed by atoms with Gasteiger partial charge in [0.1, 0.15) is 11.9 Å². The first-order valence-electron chi connectivity index (χ1n) is 16.3. The number of aliphatic hydroxyl groups excluding tert-OH is 1. The van der Waals surface area contributed by atoms with E-state index in [2.05, 4.69) is 15.7 Å². The van der Waals surface area contributed by atoms with Gasteiger partial charge in [-0.25, -0.2) is 9.80 Å². The fourth-order valence-electron chi connectivity index (χ4n) is 5.86. The quantitative estimate of drug-likeness (QED) is 0.200. The summed E-state index contributed by atoms with van der Waals surface area (Å²) in [6.45, 7) is 6.70. The Morgan fingerprint density at radius 3 is 2.46 bits per heavy atom. The summed E-state index contributed by atoms with van der Waals surface area (Å²) >= 11 is 0. The third-order valence-corrected chi connectivity index (χ3v) is 8.84. The highest BCUT2D eigenvalue weighted by Crippen LogP contribution is 2.33. The van der Waals surface area contributed by atoms with Crippen LogP contribution in [0.2, 0.25) is 0 Å². The van der Waals surface area contributed by atoms with E-state index < -0.39 is 35.8 Å². The number of amides is 2. The molecule has 5 N–H and O–H groups in total. The highest BCUT2D eigenvalue weighted by atomic mass is 16.7. The van der Waals surface area contributed by atoms with Crippen molar-refractivity contribution in [2.75, 3.05) is 26.9 Å². The van der Waals surface area contributed by atoms with E-state index in [1.807, 2.05) is 81.4 Å². The van der Waals surface area contributed by atoms with Gasteiger partial charge in [-0.3, -0.25) is 15.2 Å². The van der Waals surface area contributed by atoms with Crippen molar-refractivity contribution in [1.82, 2.24) is 20.7 Å². The minimum absolute atomic E-state index is 0.0223. The Labute approximate surface area is 281 Å². The highest BCUT2D eigenvalue weighted by molar-refractivity contribution is 5.82. The minimum Gasteiger partial charge on any atom is -0.497 e. The number of nitrogens with one attached hydrogen (secondary N) is 2. The lowest BCUT2D eigenvalue weighted by Crippen LogP contribution is -2.57. The van der Waals surface area contributed by atoms with Crippen LogP contribution < -0.4 is 21.2 Å². The van der Waals surface area contributed by atoms with Gasteiger partial charge in [-0.05, 0) is 58.7 Å². The first-order valence-corrected chi connectivity index (χ1v) is 16.3. The minimum atomic E-state index is -1.11. The molecule has 2 amide bonds. The molecule has 12 heteroatoms.